The number of hydrogen-bond acceptors (Lipinski definition) is 1. The van der Waals surface area contributed by atoms with Gasteiger partial charge in [-0.1, -0.05) is 103 Å². The van der Waals surface area contributed by atoms with E-state index in [1.54, 1.807) is 0 Å². The van der Waals surface area contributed by atoms with Crippen LogP contribution >= 0.6 is 0 Å². The Morgan fingerprint density at radius 2 is 1.33 bits per heavy atom. The monoisotopic (exact) mass is 353 g/mol. The Balaban J connectivity index is 2.22. The number of unbranched alkanes of at least 4 members (excludes halogenated alkanes) is 1. The summed E-state index contributed by atoms with van der Waals surface area (Å²) in [4.78, 5) is 2.87. The van der Waals surface area contributed by atoms with E-state index in [2.05, 4.69) is 71.5 Å². The van der Waals surface area contributed by atoms with Gasteiger partial charge in [0.05, 0.1) is 0 Å². The molecular formula is C24H23N3. The van der Waals surface area contributed by atoms with Crippen LogP contribution in [0.3, 0.4) is 0 Å². The van der Waals surface area contributed by atoms with Crippen LogP contribution < -0.4 is 0 Å². The molecule has 0 unspecified atom stereocenters. The summed E-state index contributed by atoms with van der Waals surface area (Å²) in [6.45, 7) is 2.22. The summed E-state index contributed by atoms with van der Waals surface area (Å²) in [5.41, 5.74) is 15.5. The van der Waals surface area contributed by atoms with Crippen molar-refractivity contribution in [3.63, 3.8) is 0 Å². The second kappa shape index (κ2) is 9.42. The minimum absolute atomic E-state index is 0.628. The van der Waals surface area contributed by atoms with Crippen molar-refractivity contribution in [1.29, 1.82) is 0 Å². The van der Waals surface area contributed by atoms with Crippen LogP contribution in [0.5, 0.6) is 0 Å². The van der Waals surface area contributed by atoms with Gasteiger partial charge in [-0.05, 0) is 46.2 Å². The van der Waals surface area contributed by atoms with E-state index >= 15 is 0 Å². The molecule has 0 amide bonds. The maximum Gasteiger partial charge on any atom is 0.0375 e. The highest BCUT2D eigenvalue weighted by molar-refractivity contribution is 5.98. The molecule has 3 heteroatoms. The van der Waals surface area contributed by atoms with E-state index in [0.29, 0.717) is 5.69 Å². The largest absolute Gasteiger partial charge is 0.0654 e. The Morgan fingerprint density at radius 3 is 1.89 bits per heavy atom. The highest BCUT2D eigenvalue weighted by Crippen LogP contribution is 2.36. The number of nitrogens with zero attached hydrogens (tertiary/aromatic N) is 3. The summed E-state index contributed by atoms with van der Waals surface area (Å²) in [6.07, 6.45) is 3.30. The van der Waals surface area contributed by atoms with Gasteiger partial charge in [-0.15, -0.1) is 0 Å². The lowest BCUT2D eigenvalue weighted by atomic mass is 9.87. The van der Waals surface area contributed by atoms with Crippen LogP contribution in [0, 0.1) is 0 Å². The van der Waals surface area contributed by atoms with E-state index in [1.165, 1.54) is 22.3 Å². The SMILES string of the molecule is CCCC/C(=C(\c1ccccc1)c1ccc(N=[N+]=[N-])cc1)c1ccccc1. The molecule has 0 spiro atoms. The first-order valence-electron chi connectivity index (χ1n) is 9.33. The van der Waals surface area contributed by atoms with E-state index < -0.39 is 0 Å². The summed E-state index contributed by atoms with van der Waals surface area (Å²) in [5, 5.41) is 3.70. The van der Waals surface area contributed by atoms with Gasteiger partial charge in [0.1, 0.15) is 0 Å². The van der Waals surface area contributed by atoms with Crippen LogP contribution in [-0.4, -0.2) is 0 Å². The van der Waals surface area contributed by atoms with Gasteiger partial charge in [-0.3, -0.25) is 0 Å². The lowest BCUT2D eigenvalue weighted by molar-refractivity contribution is 0.825. The lowest BCUT2D eigenvalue weighted by Crippen LogP contribution is -1.96. The fourth-order valence-corrected chi connectivity index (χ4v) is 3.27. The molecule has 0 aliphatic heterocycles. The zero-order valence-electron chi connectivity index (χ0n) is 15.5. The first-order valence-corrected chi connectivity index (χ1v) is 9.33. The third-order valence-electron chi connectivity index (χ3n) is 4.58. The third kappa shape index (κ3) is 4.66. The van der Waals surface area contributed by atoms with Crippen molar-refractivity contribution >= 4 is 16.8 Å². The minimum atomic E-state index is 0.628. The Hall–Kier alpha value is -3.29. The average molecular weight is 353 g/mol. The normalized spacial score (nSPS) is 11.4. The van der Waals surface area contributed by atoms with Crippen LogP contribution in [0.25, 0.3) is 21.6 Å². The van der Waals surface area contributed by atoms with Crippen molar-refractivity contribution in [3.8, 4) is 0 Å². The molecule has 0 aliphatic carbocycles. The maximum atomic E-state index is 8.66. The molecule has 0 bridgehead atoms. The van der Waals surface area contributed by atoms with Crippen molar-refractivity contribution in [2.75, 3.05) is 0 Å². The molecule has 0 radical (unpaired) electrons. The smallest absolute Gasteiger partial charge is 0.0375 e. The van der Waals surface area contributed by atoms with Gasteiger partial charge in [-0.2, -0.15) is 0 Å². The van der Waals surface area contributed by atoms with E-state index in [-0.39, 0.29) is 0 Å². The second-order valence-corrected chi connectivity index (χ2v) is 6.43. The van der Waals surface area contributed by atoms with Gasteiger partial charge in [-0.25, -0.2) is 0 Å². The van der Waals surface area contributed by atoms with E-state index in [9.17, 15) is 0 Å². The summed E-state index contributed by atoms with van der Waals surface area (Å²) < 4.78 is 0. The summed E-state index contributed by atoms with van der Waals surface area (Å²) in [6, 6.07) is 28.9. The number of azide groups is 1. The molecule has 0 saturated carbocycles. The molecule has 134 valence electrons. The highest BCUT2D eigenvalue weighted by Gasteiger charge is 2.13. The Morgan fingerprint density at radius 1 is 0.778 bits per heavy atom. The molecule has 3 rings (SSSR count). The Bertz CT molecular complexity index is 936. The van der Waals surface area contributed by atoms with Crippen LogP contribution in [0.4, 0.5) is 5.69 Å². The molecule has 0 fully saturated rings. The van der Waals surface area contributed by atoms with Gasteiger partial charge in [0.15, 0.2) is 0 Å². The van der Waals surface area contributed by atoms with E-state index in [1.807, 2.05) is 30.3 Å². The van der Waals surface area contributed by atoms with Crippen molar-refractivity contribution in [2.45, 2.75) is 26.2 Å². The van der Waals surface area contributed by atoms with Crippen LogP contribution in [0.15, 0.2) is 90.0 Å². The zero-order valence-corrected chi connectivity index (χ0v) is 15.5. The van der Waals surface area contributed by atoms with Crippen molar-refractivity contribution in [1.82, 2.24) is 0 Å². The summed E-state index contributed by atoms with van der Waals surface area (Å²) in [5.74, 6) is 0. The second-order valence-electron chi connectivity index (χ2n) is 6.43. The highest BCUT2D eigenvalue weighted by atomic mass is 15.1. The standard InChI is InChI=1S/C24H23N3/c1-2-3-14-23(19-10-6-4-7-11-19)24(20-12-8-5-9-13-20)21-15-17-22(18-16-21)26-27-25/h4-13,15-18H,2-3,14H2,1H3/b24-23-. The topological polar surface area (TPSA) is 48.8 Å². The van der Waals surface area contributed by atoms with Gasteiger partial charge in [0, 0.05) is 10.6 Å². The minimum Gasteiger partial charge on any atom is -0.0654 e. The fraction of sp³-hybridized carbons (Fsp3) is 0.167. The van der Waals surface area contributed by atoms with Crippen molar-refractivity contribution < 1.29 is 0 Å². The molecular weight excluding hydrogens is 330 g/mol. The number of rotatable bonds is 7. The Labute approximate surface area is 160 Å². The number of benzene rings is 3. The summed E-state index contributed by atoms with van der Waals surface area (Å²) >= 11 is 0. The number of allylic oxidation sites excluding steroid dienone is 1. The van der Waals surface area contributed by atoms with E-state index in [4.69, 9.17) is 5.53 Å². The average Bonchev–Trinajstić information content (AvgIpc) is 2.73. The van der Waals surface area contributed by atoms with Gasteiger partial charge >= 0.3 is 0 Å². The van der Waals surface area contributed by atoms with Gasteiger partial charge < -0.3 is 0 Å². The first kappa shape index (κ1) is 18.5. The molecule has 3 aromatic rings. The molecule has 0 saturated heterocycles. The summed E-state index contributed by atoms with van der Waals surface area (Å²) in [7, 11) is 0. The third-order valence-corrected chi connectivity index (χ3v) is 4.58. The van der Waals surface area contributed by atoms with E-state index in [0.717, 1.165) is 24.8 Å². The zero-order chi connectivity index (χ0) is 18.9. The van der Waals surface area contributed by atoms with Crippen LogP contribution in [0.1, 0.15) is 42.9 Å². The molecule has 0 aliphatic rings. The van der Waals surface area contributed by atoms with Gasteiger partial charge in [0.25, 0.3) is 0 Å². The van der Waals surface area contributed by atoms with Crippen molar-refractivity contribution in [3.05, 3.63) is 112 Å². The fourth-order valence-electron chi connectivity index (χ4n) is 3.27. The maximum absolute atomic E-state index is 8.66. The molecule has 0 aromatic heterocycles. The lowest BCUT2D eigenvalue weighted by Gasteiger charge is -2.17. The predicted molar refractivity (Wildman–Crippen MR) is 114 cm³/mol. The molecule has 27 heavy (non-hydrogen) atoms. The molecule has 0 atom stereocenters. The van der Waals surface area contributed by atoms with Crippen LogP contribution in [0.2, 0.25) is 0 Å². The van der Waals surface area contributed by atoms with Gasteiger partial charge in [0.2, 0.25) is 0 Å². The number of hydrogen-bond donors (Lipinski definition) is 0. The first-order chi connectivity index (χ1) is 13.3. The molecule has 0 N–H and O–H groups in total. The molecule has 3 aromatic carbocycles. The quantitative estimate of drug-likeness (QED) is 0.180. The Kier molecular flexibility index (Phi) is 6.45. The predicted octanol–water partition coefficient (Wildman–Crippen LogP) is 7.78. The molecule has 3 nitrogen and oxygen atoms in total. The molecule has 0 heterocycles. The van der Waals surface area contributed by atoms with Crippen LogP contribution in [-0.2, 0) is 0 Å². The van der Waals surface area contributed by atoms with Crippen molar-refractivity contribution in [2.24, 2.45) is 5.11 Å².